The highest BCUT2D eigenvalue weighted by atomic mass is 32.1. The molecule has 0 unspecified atom stereocenters. The molecule has 1 atom stereocenters. The molecule has 27 heavy (non-hydrogen) atoms. The number of hydrogen-bond acceptors (Lipinski definition) is 5. The van der Waals surface area contributed by atoms with Gasteiger partial charge in [0.25, 0.3) is 5.91 Å². The second-order valence-electron chi connectivity index (χ2n) is 5.34. The second-order valence-corrected chi connectivity index (χ2v) is 5.74. The number of halogens is 2. The summed E-state index contributed by atoms with van der Waals surface area (Å²) in [7, 11) is 0. The van der Waals surface area contributed by atoms with Crippen molar-refractivity contribution in [1.82, 2.24) is 10.9 Å². The van der Waals surface area contributed by atoms with E-state index in [4.69, 9.17) is 21.7 Å². The maximum Gasteiger partial charge on any atom is 0.387 e. The van der Waals surface area contributed by atoms with Crippen molar-refractivity contribution in [2.45, 2.75) is 12.7 Å². The van der Waals surface area contributed by atoms with Crippen molar-refractivity contribution in [1.29, 1.82) is 0 Å². The van der Waals surface area contributed by atoms with Gasteiger partial charge in [-0.2, -0.15) is 8.78 Å². The van der Waals surface area contributed by atoms with Crippen molar-refractivity contribution in [3.8, 4) is 17.2 Å². The monoisotopic (exact) mass is 395 g/mol. The van der Waals surface area contributed by atoms with Crippen molar-refractivity contribution in [2.24, 2.45) is 0 Å². The van der Waals surface area contributed by atoms with Gasteiger partial charge in [0.1, 0.15) is 12.4 Å². The maximum absolute atomic E-state index is 12.2. The molecule has 1 aliphatic heterocycles. The van der Waals surface area contributed by atoms with E-state index in [2.05, 4.69) is 20.9 Å². The number of benzene rings is 2. The molecular formula is C17H15F2N3O4S. The Morgan fingerprint density at radius 3 is 2.52 bits per heavy atom. The Hall–Kier alpha value is -3.14. The lowest BCUT2D eigenvalue weighted by molar-refractivity contribution is -0.130. The molecule has 0 saturated carbocycles. The summed E-state index contributed by atoms with van der Waals surface area (Å²) in [6.45, 7) is -2.82. The fourth-order valence-corrected chi connectivity index (χ4v) is 2.40. The number of anilines is 1. The van der Waals surface area contributed by atoms with Crippen LogP contribution in [0.4, 0.5) is 14.5 Å². The van der Waals surface area contributed by atoms with E-state index in [0.717, 1.165) is 0 Å². The molecule has 0 spiro atoms. The number of hydrazine groups is 1. The Morgan fingerprint density at radius 2 is 1.81 bits per heavy atom. The van der Waals surface area contributed by atoms with E-state index in [1.165, 1.54) is 24.3 Å². The molecule has 7 nitrogen and oxygen atoms in total. The topological polar surface area (TPSA) is 80.9 Å². The molecule has 1 heterocycles. The second kappa shape index (κ2) is 8.49. The first-order valence-corrected chi connectivity index (χ1v) is 8.22. The largest absolute Gasteiger partial charge is 0.485 e. The fraction of sp³-hybridized carbons (Fsp3) is 0.176. The fourth-order valence-electron chi connectivity index (χ4n) is 2.23. The molecule has 0 saturated heterocycles. The van der Waals surface area contributed by atoms with Crippen LogP contribution in [0, 0.1) is 0 Å². The van der Waals surface area contributed by atoms with E-state index in [1.807, 2.05) is 0 Å². The number of thiocarbonyl (C=S) groups is 1. The lowest BCUT2D eigenvalue weighted by Crippen LogP contribution is -2.51. The third-order valence-electron chi connectivity index (χ3n) is 3.44. The molecule has 0 aliphatic carbocycles. The van der Waals surface area contributed by atoms with E-state index in [-0.39, 0.29) is 17.5 Å². The van der Waals surface area contributed by atoms with Gasteiger partial charge in [-0.15, -0.1) is 0 Å². The maximum atomic E-state index is 12.2. The number of carbonyl (C=O) groups excluding carboxylic acids is 1. The molecule has 1 aliphatic rings. The van der Waals surface area contributed by atoms with E-state index in [0.29, 0.717) is 17.2 Å². The molecule has 0 bridgehead atoms. The van der Waals surface area contributed by atoms with E-state index >= 15 is 0 Å². The van der Waals surface area contributed by atoms with Crippen LogP contribution in [-0.2, 0) is 4.79 Å². The number of carbonyl (C=O) groups is 1. The number of fused-ring (bicyclic) bond motifs is 1. The van der Waals surface area contributed by atoms with Gasteiger partial charge in [0, 0.05) is 5.69 Å². The number of ether oxygens (including phenoxy) is 3. The van der Waals surface area contributed by atoms with Crippen LogP contribution in [0.1, 0.15) is 0 Å². The summed E-state index contributed by atoms with van der Waals surface area (Å²) in [5.74, 6) is 0.619. The van der Waals surface area contributed by atoms with Crippen LogP contribution < -0.4 is 30.4 Å². The molecule has 3 N–H and O–H groups in total. The van der Waals surface area contributed by atoms with Crippen molar-refractivity contribution in [3.05, 3.63) is 48.5 Å². The SMILES string of the molecule is O=C(NNC(=S)Nc1ccc(OC(F)F)cc1)[C@@H]1COc2ccccc2O1. The molecule has 10 heteroatoms. The summed E-state index contributed by atoms with van der Waals surface area (Å²) in [4.78, 5) is 12.2. The first-order chi connectivity index (χ1) is 13.0. The highest BCUT2D eigenvalue weighted by Gasteiger charge is 2.27. The van der Waals surface area contributed by atoms with E-state index < -0.39 is 18.6 Å². The van der Waals surface area contributed by atoms with Crippen molar-refractivity contribution in [3.63, 3.8) is 0 Å². The average Bonchev–Trinajstić information content (AvgIpc) is 2.67. The molecule has 0 aromatic heterocycles. The number of nitrogens with one attached hydrogen (secondary N) is 3. The molecular weight excluding hydrogens is 380 g/mol. The summed E-state index contributed by atoms with van der Waals surface area (Å²) in [6.07, 6.45) is -0.832. The summed E-state index contributed by atoms with van der Waals surface area (Å²) in [5, 5.41) is 2.89. The number of hydrogen-bond donors (Lipinski definition) is 3. The Kier molecular flexibility index (Phi) is 5.87. The highest BCUT2D eigenvalue weighted by molar-refractivity contribution is 7.80. The molecule has 0 radical (unpaired) electrons. The number of amides is 1. The highest BCUT2D eigenvalue weighted by Crippen LogP contribution is 2.30. The molecule has 1 amide bonds. The van der Waals surface area contributed by atoms with Crippen LogP contribution in [0.5, 0.6) is 17.2 Å². The average molecular weight is 395 g/mol. The predicted molar refractivity (Wildman–Crippen MR) is 96.9 cm³/mol. The zero-order valence-corrected chi connectivity index (χ0v) is 14.6. The third-order valence-corrected chi connectivity index (χ3v) is 3.64. The van der Waals surface area contributed by atoms with Gasteiger partial charge < -0.3 is 19.5 Å². The van der Waals surface area contributed by atoms with Crippen LogP contribution in [0.3, 0.4) is 0 Å². The number of alkyl halides is 2. The first kappa shape index (κ1) is 18.6. The zero-order chi connectivity index (χ0) is 19.2. The summed E-state index contributed by atoms with van der Waals surface area (Å²) >= 11 is 5.06. The molecule has 0 fully saturated rings. The Bertz CT molecular complexity index is 820. The Labute approximate surface area is 158 Å². The number of rotatable bonds is 4. The molecule has 3 rings (SSSR count). The van der Waals surface area contributed by atoms with Crippen LogP contribution in [0.2, 0.25) is 0 Å². The van der Waals surface area contributed by atoms with Gasteiger partial charge in [0.2, 0.25) is 6.10 Å². The molecule has 142 valence electrons. The minimum absolute atomic E-state index is 0.0254. The molecule has 2 aromatic rings. The van der Waals surface area contributed by atoms with Crippen molar-refractivity contribution >= 4 is 28.9 Å². The van der Waals surface area contributed by atoms with Gasteiger partial charge in [0.15, 0.2) is 16.6 Å². The Balaban J connectivity index is 1.46. The summed E-state index contributed by atoms with van der Waals surface area (Å²) < 4.78 is 39.5. The van der Waals surface area contributed by atoms with Crippen LogP contribution in [-0.4, -0.2) is 30.3 Å². The zero-order valence-electron chi connectivity index (χ0n) is 13.8. The van der Waals surface area contributed by atoms with Crippen LogP contribution in [0.15, 0.2) is 48.5 Å². The molecule has 2 aromatic carbocycles. The van der Waals surface area contributed by atoms with Crippen molar-refractivity contribution < 1.29 is 27.8 Å². The lowest BCUT2D eigenvalue weighted by Gasteiger charge is -2.25. The third kappa shape index (κ3) is 5.17. The van der Waals surface area contributed by atoms with Gasteiger partial charge in [-0.05, 0) is 48.6 Å². The van der Waals surface area contributed by atoms with E-state index in [1.54, 1.807) is 24.3 Å². The minimum Gasteiger partial charge on any atom is -0.485 e. The minimum atomic E-state index is -2.89. The van der Waals surface area contributed by atoms with E-state index in [9.17, 15) is 13.6 Å². The van der Waals surface area contributed by atoms with Gasteiger partial charge >= 0.3 is 6.61 Å². The van der Waals surface area contributed by atoms with Gasteiger partial charge in [0.05, 0.1) is 0 Å². The quantitative estimate of drug-likeness (QED) is 0.542. The van der Waals surface area contributed by atoms with Crippen LogP contribution in [0.25, 0.3) is 0 Å². The van der Waals surface area contributed by atoms with Gasteiger partial charge in [-0.1, -0.05) is 12.1 Å². The van der Waals surface area contributed by atoms with Crippen molar-refractivity contribution in [2.75, 3.05) is 11.9 Å². The summed E-state index contributed by atoms with van der Waals surface area (Å²) in [6, 6.07) is 12.8. The smallest absolute Gasteiger partial charge is 0.387 e. The Morgan fingerprint density at radius 1 is 1.11 bits per heavy atom. The normalized spacial score (nSPS) is 15.0. The standard InChI is InChI=1S/C17H15F2N3O4S/c18-16(19)25-11-7-5-10(6-8-11)20-17(27)22-21-15(23)14-9-24-12-3-1-2-4-13(12)26-14/h1-8,14,16H,9H2,(H,21,23)(H2,20,22,27)/t14-/m0/s1. The van der Waals surface area contributed by atoms with Gasteiger partial charge in [-0.3, -0.25) is 15.6 Å². The van der Waals surface area contributed by atoms with Crippen LogP contribution >= 0.6 is 12.2 Å². The number of para-hydroxylation sites is 2. The van der Waals surface area contributed by atoms with Gasteiger partial charge in [-0.25, -0.2) is 0 Å². The predicted octanol–water partition coefficient (Wildman–Crippen LogP) is 2.45. The summed E-state index contributed by atoms with van der Waals surface area (Å²) in [5.41, 5.74) is 5.47. The lowest BCUT2D eigenvalue weighted by atomic mass is 10.2. The first-order valence-electron chi connectivity index (χ1n) is 7.81.